The molecule has 2 aliphatic rings. The zero-order valence-corrected chi connectivity index (χ0v) is 12.4. The zero-order chi connectivity index (χ0) is 14.1. The lowest BCUT2D eigenvalue weighted by Gasteiger charge is -2.37. The fraction of sp³-hybridized carbons (Fsp3) is 0.533. The van der Waals surface area contributed by atoms with E-state index >= 15 is 0 Å². The van der Waals surface area contributed by atoms with Crippen LogP contribution in [0.25, 0.3) is 0 Å². The van der Waals surface area contributed by atoms with Crippen LogP contribution in [-0.4, -0.2) is 55.0 Å². The highest BCUT2D eigenvalue weighted by molar-refractivity contribution is 6.31. The molecule has 1 amide bonds. The van der Waals surface area contributed by atoms with Gasteiger partial charge in [-0.05, 0) is 37.6 Å². The summed E-state index contributed by atoms with van der Waals surface area (Å²) in [6.45, 7) is 3.74. The maximum Gasteiger partial charge on any atom is 0.257 e. The van der Waals surface area contributed by atoms with Crippen LogP contribution in [0.5, 0.6) is 5.75 Å². The molecule has 3 rings (SSSR count). The molecule has 20 heavy (non-hydrogen) atoms. The molecule has 0 aromatic heterocycles. The normalized spacial score (nSPS) is 22.7. The number of carbonyl (C=O) groups excluding carboxylic acids is 1. The second-order valence-corrected chi connectivity index (χ2v) is 5.86. The molecular weight excluding hydrogens is 276 g/mol. The Bertz CT molecular complexity index is 521. The van der Waals surface area contributed by atoms with Crippen LogP contribution in [0, 0.1) is 0 Å². The number of rotatable bonds is 2. The molecule has 2 fully saturated rings. The number of methoxy groups -OCH3 is 1. The van der Waals surface area contributed by atoms with Gasteiger partial charge in [-0.25, -0.2) is 0 Å². The lowest BCUT2D eigenvalue weighted by atomic mass is 10.1. The fourth-order valence-electron chi connectivity index (χ4n) is 3.19. The molecule has 1 aromatic carbocycles. The summed E-state index contributed by atoms with van der Waals surface area (Å²) < 4.78 is 5.28. The molecule has 2 aliphatic heterocycles. The van der Waals surface area contributed by atoms with E-state index in [1.54, 1.807) is 25.3 Å². The summed E-state index contributed by atoms with van der Waals surface area (Å²) in [4.78, 5) is 17.1. The number of hydrogen-bond donors (Lipinski definition) is 0. The van der Waals surface area contributed by atoms with Crippen LogP contribution in [0.2, 0.25) is 5.02 Å². The third-order valence-corrected chi connectivity index (χ3v) is 4.50. The molecule has 0 bridgehead atoms. The Morgan fingerprint density at radius 2 is 2.20 bits per heavy atom. The minimum absolute atomic E-state index is 0.0240. The standard InChI is InChI=1S/C15H19ClN2O2/c1-20-14-5-4-11(16)9-13(14)15(19)18-8-7-17-6-2-3-12(17)10-18/h4-5,9,12H,2-3,6-8,10H2,1H3/t12-/m1/s1. The highest BCUT2D eigenvalue weighted by Crippen LogP contribution is 2.27. The van der Waals surface area contributed by atoms with Gasteiger partial charge in [0, 0.05) is 30.7 Å². The van der Waals surface area contributed by atoms with Crippen molar-refractivity contribution in [3.8, 4) is 5.75 Å². The first-order chi connectivity index (χ1) is 9.69. The van der Waals surface area contributed by atoms with Crippen LogP contribution in [0.4, 0.5) is 0 Å². The molecule has 2 heterocycles. The second kappa shape index (κ2) is 5.62. The SMILES string of the molecule is COc1ccc(Cl)cc1C(=O)N1CCN2CCC[C@@H]2C1. The van der Waals surface area contributed by atoms with Crippen molar-refractivity contribution in [3.05, 3.63) is 28.8 Å². The van der Waals surface area contributed by atoms with Gasteiger partial charge in [-0.15, -0.1) is 0 Å². The fourth-order valence-corrected chi connectivity index (χ4v) is 3.37. The van der Waals surface area contributed by atoms with Crippen LogP contribution in [0.15, 0.2) is 18.2 Å². The van der Waals surface area contributed by atoms with Gasteiger partial charge in [-0.1, -0.05) is 11.6 Å². The maximum absolute atomic E-state index is 12.7. The van der Waals surface area contributed by atoms with Crippen LogP contribution < -0.4 is 4.74 Å². The maximum atomic E-state index is 12.7. The van der Waals surface area contributed by atoms with E-state index in [1.165, 1.54) is 19.4 Å². The topological polar surface area (TPSA) is 32.8 Å². The minimum Gasteiger partial charge on any atom is -0.496 e. The number of carbonyl (C=O) groups is 1. The Morgan fingerprint density at radius 1 is 1.35 bits per heavy atom. The van der Waals surface area contributed by atoms with Gasteiger partial charge < -0.3 is 9.64 Å². The smallest absolute Gasteiger partial charge is 0.257 e. The average molecular weight is 295 g/mol. The third kappa shape index (κ3) is 2.50. The molecule has 2 saturated heterocycles. The molecule has 0 aliphatic carbocycles. The highest BCUT2D eigenvalue weighted by Gasteiger charge is 2.33. The van der Waals surface area contributed by atoms with Crippen molar-refractivity contribution < 1.29 is 9.53 Å². The van der Waals surface area contributed by atoms with Crippen LogP contribution in [0.1, 0.15) is 23.2 Å². The third-order valence-electron chi connectivity index (χ3n) is 4.27. The Balaban J connectivity index is 1.80. The molecule has 0 unspecified atom stereocenters. The number of benzene rings is 1. The first-order valence-corrected chi connectivity index (χ1v) is 7.43. The van der Waals surface area contributed by atoms with Crippen LogP contribution >= 0.6 is 11.6 Å². The summed E-state index contributed by atoms with van der Waals surface area (Å²) >= 11 is 6.01. The summed E-state index contributed by atoms with van der Waals surface area (Å²) in [5.74, 6) is 0.615. The Labute approximate surface area is 124 Å². The summed E-state index contributed by atoms with van der Waals surface area (Å²) in [5.41, 5.74) is 0.562. The second-order valence-electron chi connectivity index (χ2n) is 5.43. The summed E-state index contributed by atoms with van der Waals surface area (Å²) in [7, 11) is 1.58. The van der Waals surface area contributed by atoms with Gasteiger partial charge in [0.2, 0.25) is 0 Å². The Morgan fingerprint density at radius 3 is 3.00 bits per heavy atom. The minimum atomic E-state index is 0.0240. The van der Waals surface area contributed by atoms with Crippen molar-refractivity contribution in [1.82, 2.24) is 9.80 Å². The molecule has 0 N–H and O–H groups in total. The molecular formula is C15H19ClN2O2. The predicted octanol–water partition coefficient (Wildman–Crippen LogP) is 2.27. The summed E-state index contributed by atoms with van der Waals surface area (Å²) in [6.07, 6.45) is 2.43. The number of amides is 1. The molecule has 5 heteroatoms. The van der Waals surface area contributed by atoms with Crippen LogP contribution in [-0.2, 0) is 0 Å². The predicted molar refractivity (Wildman–Crippen MR) is 78.5 cm³/mol. The van der Waals surface area contributed by atoms with E-state index in [0.717, 1.165) is 19.6 Å². The molecule has 0 spiro atoms. The molecule has 1 aromatic rings. The molecule has 4 nitrogen and oxygen atoms in total. The van der Waals surface area contributed by atoms with E-state index in [1.807, 2.05) is 4.90 Å². The zero-order valence-electron chi connectivity index (χ0n) is 11.6. The van der Waals surface area contributed by atoms with Gasteiger partial charge in [0.15, 0.2) is 0 Å². The number of nitrogens with zero attached hydrogens (tertiary/aromatic N) is 2. The van der Waals surface area contributed by atoms with Gasteiger partial charge in [0.05, 0.1) is 12.7 Å². The van der Waals surface area contributed by atoms with Gasteiger partial charge in [-0.2, -0.15) is 0 Å². The van der Waals surface area contributed by atoms with E-state index in [4.69, 9.17) is 16.3 Å². The van der Waals surface area contributed by atoms with Gasteiger partial charge >= 0.3 is 0 Å². The highest BCUT2D eigenvalue weighted by atomic mass is 35.5. The van der Waals surface area contributed by atoms with E-state index in [2.05, 4.69) is 4.90 Å². The van der Waals surface area contributed by atoms with Crippen molar-refractivity contribution in [2.75, 3.05) is 33.3 Å². The summed E-state index contributed by atoms with van der Waals surface area (Å²) in [5, 5.41) is 0.564. The number of piperazine rings is 1. The van der Waals surface area contributed by atoms with E-state index < -0.39 is 0 Å². The quantitative estimate of drug-likeness (QED) is 0.839. The van der Waals surface area contributed by atoms with Crippen molar-refractivity contribution in [1.29, 1.82) is 0 Å². The van der Waals surface area contributed by atoms with Crippen molar-refractivity contribution in [2.24, 2.45) is 0 Å². The van der Waals surface area contributed by atoms with Crippen molar-refractivity contribution in [3.63, 3.8) is 0 Å². The van der Waals surface area contributed by atoms with Gasteiger partial charge in [0.25, 0.3) is 5.91 Å². The van der Waals surface area contributed by atoms with Crippen molar-refractivity contribution in [2.45, 2.75) is 18.9 Å². The van der Waals surface area contributed by atoms with E-state index in [-0.39, 0.29) is 5.91 Å². The Kier molecular flexibility index (Phi) is 3.85. The monoisotopic (exact) mass is 294 g/mol. The van der Waals surface area contributed by atoms with E-state index in [0.29, 0.717) is 22.4 Å². The van der Waals surface area contributed by atoms with Crippen molar-refractivity contribution >= 4 is 17.5 Å². The lowest BCUT2D eigenvalue weighted by molar-refractivity contribution is 0.0568. The first-order valence-electron chi connectivity index (χ1n) is 7.06. The Hall–Kier alpha value is -1.26. The van der Waals surface area contributed by atoms with Crippen LogP contribution in [0.3, 0.4) is 0 Å². The number of hydrogen-bond acceptors (Lipinski definition) is 3. The summed E-state index contributed by atoms with van der Waals surface area (Å²) in [6, 6.07) is 5.72. The molecule has 1 atom stereocenters. The molecule has 108 valence electrons. The average Bonchev–Trinajstić information content (AvgIpc) is 2.93. The lowest BCUT2D eigenvalue weighted by Crippen LogP contribution is -2.52. The van der Waals surface area contributed by atoms with E-state index in [9.17, 15) is 4.79 Å². The van der Waals surface area contributed by atoms with Gasteiger partial charge in [0.1, 0.15) is 5.75 Å². The number of fused-ring (bicyclic) bond motifs is 1. The number of halogens is 1. The first kappa shape index (κ1) is 13.7. The molecule has 0 radical (unpaired) electrons. The largest absolute Gasteiger partial charge is 0.496 e. The number of ether oxygens (including phenoxy) is 1. The van der Waals surface area contributed by atoms with Gasteiger partial charge in [-0.3, -0.25) is 9.69 Å². The molecule has 0 saturated carbocycles.